The van der Waals surface area contributed by atoms with Crippen LogP contribution in [0.15, 0.2) is 12.2 Å². The molecule has 0 aliphatic heterocycles. The first kappa shape index (κ1) is 15.6. The number of allylic oxidation sites excluding steroid dienone is 2. The highest BCUT2D eigenvalue weighted by Gasteiger charge is 2.00. The fraction of sp³-hybridized carbons (Fsp3) is 0.615. The number of ketones is 1. The van der Waals surface area contributed by atoms with E-state index in [1.54, 1.807) is 0 Å². The van der Waals surface area contributed by atoms with E-state index in [0.717, 1.165) is 32.1 Å². The van der Waals surface area contributed by atoms with Crippen molar-refractivity contribution in [3.05, 3.63) is 12.2 Å². The molecular weight excluding hydrogens is 220 g/mol. The third-order valence-corrected chi connectivity index (χ3v) is 2.39. The van der Waals surface area contributed by atoms with Crippen molar-refractivity contribution in [2.75, 3.05) is 7.11 Å². The topological polar surface area (TPSA) is 60.4 Å². The van der Waals surface area contributed by atoms with E-state index in [1.807, 2.05) is 0 Å². The SMILES string of the molecule is COC(=O)CCCCCCCC(=O)/C=C/C=O. The maximum atomic E-state index is 11.1. The molecule has 0 amide bonds. The zero-order valence-electron chi connectivity index (χ0n) is 10.3. The first-order chi connectivity index (χ1) is 8.20. The van der Waals surface area contributed by atoms with Gasteiger partial charge >= 0.3 is 5.97 Å². The van der Waals surface area contributed by atoms with Crippen LogP contribution >= 0.6 is 0 Å². The van der Waals surface area contributed by atoms with Crippen LogP contribution in [-0.2, 0) is 19.1 Å². The molecule has 0 fully saturated rings. The largest absolute Gasteiger partial charge is 0.469 e. The van der Waals surface area contributed by atoms with Crippen molar-refractivity contribution in [2.45, 2.75) is 44.9 Å². The van der Waals surface area contributed by atoms with Crippen molar-refractivity contribution in [3.8, 4) is 0 Å². The molecule has 0 radical (unpaired) electrons. The van der Waals surface area contributed by atoms with Crippen LogP contribution in [0, 0.1) is 0 Å². The molecule has 0 rings (SSSR count). The summed E-state index contributed by atoms with van der Waals surface area (Å²) in [4.78, 5) is 31.9. The molecule has 0 aliphatic rings. The van der Waals surface area contributed by atoms with E-state index in [1.165, 1.54) is 19.3 Å². The number of methoxy groups -OCH3 is 1. The molecule has 0 saturated heterocycles. The summed E-state index contributed by atoms with van der Waals surface area (Å²) in [6, 6.07) is 0. The van der Waals surface area contributed by atoms with E-state index in [-0.39, 0.29) is 11.8 Å². The Kier molecular flexibility index (Phi) is 10.1. The lowest BCUT2D eigenvalue weighted by Gasteiger charge is -2.00. The van der Waals surface area contributed by atoms with Gasteiger partial charge in [-0.25, -0.2) is 0 Å². The van der Waals surface area contributed by atoms with Gasteiger partial charge in [-0.1, -0.05) is 19.3 Å². The number of ether oxygens (including phenoxy) is 1. The fourth-order valence-corrected chi connectivity index (χ4v) is 1.43. The number of unbranched alkanes of at least 4 members (excludes halogenated alkanes) is 4. The lowest BCUT2D eigenvalue weighted by Crippen LogP contribution is -1.99. The van der Waals surface area contributed by atoms with E-state index < -0.39 is 0 Å². The molecule has 0 bridgehead atoms. The lowest BCUT2D eigenvalue weighted by atomic mass is 10.1. The summed E-state index contributed by atoms with van der Waals surface area (Å²) in [6.07, 6.45) is 8.73. The molecule has 0 unspecified atom stereocenters. The molecule has 4 heteroatoms. The maximum Gasteiger partial charge on any atom is 0.305 e. The number of carbonyl (C=O) groups excluding carboxylic acids is 3. The Labute approximate surface area is 102 Å². The summed E-state index contributed by atoms with van der Waals surface area (Å²) in [5, 5.41) is 0. The van der Waals surface area contributed by atoms with Gasteiger partial charge in [-0.3, -0.25) is 14.4 Å². The Morgan fingerprint density at radius 2 is 1.59 bits per heavy atom. The summed E-state index contributed by atoms with van der Waals surface area (Å²) in [5.74, 6) is -0.175. The van der Waals surface area contributed by atoms with Gasteiger partial charge in [0.2, 0.25) is 0 Å². The Balaban J connectivity index is 3.29. The monoisotopic (exact) mass is 240 g/mol. The summed E-state index contributed by atoms with van der Waals surface area (Å²) < 4.78 is 4.53. The second-order valence-electron chi connectivity index (χ2n) is 3.81. The standard InChI is InChI=1S/C13H20O4/c1-17-13(16)10-6-4-2-3-5-8-12(15)9-7-11-14/h7,9,11H,2-6,8,10H2,1H3/b9-7+. The maximum absolute atomic E-state index is 11.1. The smallest absolute Gasteiger partial charge is 0.305 e. The normalized spacial score (nSPS) is 10.4. The predicted molar refractivity (Wildman–Crippen MR) is 64.5 cm³/mol. The van der Waals surface area contributed by atoms with Gasteiger partial charge in [0.25, 0.3) is 0 Å². The summed E-state index contributed by atoms with van der Waals surface area (Å²) in [6.45, 7) is 0. The minimum Gasteiger partial charge on any atom is -0.469 e. The van der Waals surface area contributed by atoms with E-state index in [2.05, 4.69) is 4.74 Å². The van der Waals surface area contributed by atoms with Crippen LogP contribution < -0.4 is 0 Å². The average Bonchev–Trinajstić information content (AvgIpc) is 2.34. The van der Waals surface area contributed by atoms with Crippen LogP contribution in [0.5, 0.6) is 0 Å². The Bertz CT molecular complexity index is 269. The van der Waals surface area contributed by atoms with Gasteiger partial charge in [-0.05, 0) is 25.0 Å². The molecule has 0 atom stereocenters. The van der Waals surface area contributed by atoms with Crippen molar-refractivity contribution in [2.24, 2.45) is 0 Å². The van der Waals surface area contributed by atoms with Crippen LogP contribution in [0.1, 0.15) is 44.9 Å². The lowest BCUT2D eigenvalue weighted by molar-refractivity contribution is -0.140. The molecule has 0 N–H and O–H groups in total. The van der Waals surface area contributed by atoms with Crippen molar-refractivity contribution >= 4 is 18.0 Å². The second-order valence-corrected chi connectivity index (χ2v) is 3.81. The predicted octanol–water partition coefficient (Wildman–Crippen LogP) is 2.21. The molecule has 0 aromatic carbocycles. The molecule has 0 saturated carbocycles. The average molecular weight is 240 g/mol. The first-order valence-electron chi connectivity index (χ1n) is 5.92. The number of carbonyl (C=O) groups is 3. The Morgan fingerprint density at radius 1 is 1.00 bits per heavy atom. The molecule has 17 heavy (non-hydrogen) atoms. The quantitative estimate of drug-likeness (QED) is 0.254. The van der Waals surface area contributed by atoms with E-state index >= 15 is 0 Å². The number of hydrogen-bond donors (Lipinski definition) is 0. The molecule has 0 aliphatic carbocycles. The van der Waals surface area contributed by atoms with Crippen LogP contribution in [-0.4, -0.2) is 25.1 Å². The number of aldehydes is 1. The molecule has 0 spiro atoms. The van der Waals surface area contributed by atoms with Gasteiger partial charge in [0.15, 0.2) is 5.78 Å². The van der Waals surface area contributed by atoms with Crippen molar-refractivity contribution in [3.63, 3.8) is 0 Å². The highest BCUT2D eigenvalue weighted by Crippen LogP contribution is 2.08. The van der Waals surface area contributed by atoms with Crippen LogP contribution in [0.3, 0.4) is 0 Å². The number of hydrogen-bond acceptors (Lipinski definition) is 4. The second kappa shape index (κ2) is 11.0. The van der Waals surface area contributed by atoms with Crippen LogP contribution in [0.2, 0.25) is 0 Å². The summed E-state index contributed by atoms with van der Waals surface area (Å²) >= 11 is 0. The van der Waals surface area contributed by atoms with E-state index in [0.29, 0.717) is 19.1 Å². The molecule has 0 aromatic heterocycles. The van der Waals surface area contributed by atoms with Gasteiger partial charge in [0.1, 0.15) is 6.29 Å². The molecule has 0 heterocycles. The molecule has 0 aromatic rings. The minimum absolute atomic E-state index is 0.00772. The van der Waals surface area contributed by atoms with Gasteiger partial charge < -0.3 is 4.74 Å². The van der Waals surface area contributed by atoms with Gasteiger partial charge in [-0.15, -0.1) is 0 Å². The highest BCUT2D eigenvalue weighted by atomic mass is 16.5. The Hall–Kier alpha value is -1.45. The highest BCUT2D eigenvalue weighted by molar-refractivity contribution is 5.92. The van der Waals surface area contributed by atoms with Gasteiger partial charge in [-0.2, -0.15) is 0 Å². The van der Waals surface area contributed by atoms with Crippen molar-refractivity contribution in [1.29, 1.82) is 0 Å². The molecular formula is C13H20O4. The summed E-state index contributed by atoms with van der Waals surface area (Å²) in [7, 11) is 1.39. The van der Waals surface area contributed by atoms with Crippen molar-refractivity contribution in [1.82, 2.24) is 0 Å². The third-order valence-electron chi connectivity index (χ3n) is 2.39. The first-order valence-corrected chi connectivity index (χ1v) is 5.92. The van der Waals surface area contributed by atoms with Crippen molar-refractivity contribution < 1.29 is 19.1 Å². The van der Waals surface area contributed by atoms with Crippen LogP contribution in [0.25, 0.3) is 0 Å². The van der Waals surface area contributed by atoms with E-state index in [9.17, 15) is 14.4 Å². The fourth-order valence-electron chi connectivity index (χ4n) is 1.43. The van der Waals surface area contributed by atoms with E-state index in [4.69, 9.17) is 0 Å². The summed E-state index contributed by atoms with van der Waals surface area (Å²) in [5.41, 5.74) is 0. The van der Waals surface area contributed by atoms with Gasteiger partial charge in [0, 0.05) is 12.8 Å². The zero-order valence-corrected chi connectivity index (χ0v) is 10.3. The molecule has 4 nitrogen and oxygen atoms in total. The van der Waals surface area contributed by atoms with Crippen LogP contribution in [0.4, 0.5) is 0 Å². The zero-order chi connectivity index (χ0) is 12.9. The number of rotatable bonds is 10. The third kappa shape index (κ3) is 10.8. The number of esters is 1. The minimum atomic E-state index is -0.167. The van der Waals surface area contributed by atoms with Gasteiger partial charge in [0.05, 0.1) is 7.11 Å². The Morgan fingerprint density at radius 3 is 2.18 bits per heavy atom. The molecule has 96 valence electrons.